The largest absolute Gasteiger partial charge is 0.504 e. The molecule has 2 rings (SSSR count). The molecule has 0 heterocycles. The molecule has 0 radical (unpaired) electrons. The van der Waals surface area contributed by atoms with E-state index in [2.05, 4.69) is 53.1 Å². The van der Waals surface area contributed by atoms with Crippen molar-refractivity contribution in [2.24, 2.45) is 5.73 Å². The minimum absolute atomic E-state index is 0.00569. The highest BCUT2D eigenvalue weighted by Gasteiger charge is 2.24. The molecule has 0 fully saturated rings. The molecule has 3 atom stereocenters. The predicted molar refractivity (Wildman–Crippen MR) is 110 cm³/mol. The number of benzene rings is 1. The number of phenols is 1. The van der Waals surface area contributed by atoms with Crippen molar-refractivity contribution in [1.29, 1.82) is 0 Å². The number of phenolic OH excluding ortho intramolecular Hbond substituents is 1. The maximum absolute atomic E-state index is 10.4. The van der Waals surface area contributed by atoms with Crippen molar-refractivity contribution >= 4 is 22.6 Å². The summed E-state index contributed by atoms with van der Waals surface area (Å²) in [6, 6.07) is 4.99. The highest BCUT2D eigenvalue weighted by Crippen LogP contribution is 2.32. The summed E-state index contributed by atoms with van der Waals surface area (Å²) in [7, 11) is 1.72. The SMILES string of the molecule is CO[C@@]1(I)C=CC(CC(C)NCC(O)c2ccc(O)c(OCN)c2)=CC1. The van der Waals surface area contributed by atoms with Crippen molar-refractivity contribution in [3.8, 4) is 11.5 Å². The van der Waals surface area contributed by atoms with E-state index >= 15 is 0 Å². The van der Waals surface area contributed by atoms with Gasteiger partial charge in [-0.3, -0.25) is 5.73 Å². The molecule has 1 aromatic carbocycles. The van der Waals surface area contributed by atoms with E-state index in [-0.39, 0.29) is 27.9 Å². The molecule has 2 unspecified atom stereocenters. The van der Waals surface area contributed by atoms with Crippen molar-refractivity contribution in [1.82, 2.24) is 5.32 Å². The fourth-order valence-corrected chi connectivity index (χ4v) is 3.14. The number of nitrogens with two attached hydrogens (primary N) is 1. The number of nitrogens with one attached hydrogen (secondary N) is 1. The van der Waals surface area contributed by atoms with Crippen LogP contribution < -0.4 is 15.8 Å². The van der Waals surface area contributed by atoms with Gasteiger partial charge in [0.15, 0.2) is 11.5 Å². The van der Waals surface area contributed by atoms with Gasteiger partial charge in [0.2, 0.25) is 0 Å². The van der Waals surface area contributed by atoms with Crippen LogP contribution in [0.4, 0.5) is 0 Å². The van der Waals surface area contributed by atoms with Crippen molar-refractivity contribution < 1.29 is 19.7 Å². The van der Waals surface area contributed by atoms with Gasteiger partial charge in [-0.2, -0.15) is 0 Å². The van der Waals surface area contributed by atoms with Crippen LogP contribution in [0.1, 0.15) is 31.4 Å². The average molecular weight is 474 g/mol. The van der Waals surface area contributed by atoms with E-state index in [1.165, 1.54) is 11.6 Å². The molecule has 0 saturated carbocycles. The molecule has 0 saturated heterocycles. The Kier molecular flexibility index (Phi) is 7.90. The van der Waals surface area contributed by atoms with Crippen LogP contribution in [0.5, 0.6) is 11.5 Å². The lowest BCUT2D eigenvalue weighted by Gasteiger charge is -2.25. The fourth-order valence-electron chi connectivity index (χ4n) is 2.74. The van der Waals surface area contributed by atoms with Crippen LogP contribution in [-0.2, 0) is 4.74 Å². The Hall–Kier alpha value is -1.13. The average Bonchev–Trinajstić information content (AvgIpc) is 2.64. The number of aliphatic hydroxyl groups excluding tert-OH is 1. The molecule has 144 valence electrons. The van der Waals surface area contributed by atoms with E-state index in [0.717, 1.165) is 12.8 Å². The molecular weight excluding hydrogens is 447 g/mol. The Morgan fingerprint density at radius 1 is 1.42 bits per heavy atom. The first-order chi connectivity index (χ1) is 12.4. The number of allylic oxidation sites excluding steroid dienone is 1. The van der Waals surface area contributed by atoms with Crippen molar-refractivity contribution in [3.05, 3.63) is 47.6 Å². The first-order valence-electron chi connectivity index (χ1n) is 8.56. The summed E-state index contributed by atoms with van der Waals surface area (Å²) in [4.78, 5) is 0. The lowest BCUT2D eigenvalue weighted by Crippen LogP contribution is -2.31. The summed E-state index contributed by atoms with van der Waals surface area (Å²) in [5.41, 5.74) is 7.26. The number of aromatic hydroxyl groups is 1. The summed E-state index contributed by atoms with van der Waals surface area (Å²) in [5.74, 6) is 0.279. The Bertz CT molecular complexity index is 665. The Morgan fingerprint density at radius 2 is 2.19 bits per heavy atom. The molecule has 0 bridgehead atoms. The number of halogens is 1. The lowest BCUT2D eigenvalue weighted by atomic mass is 9.99. The summed E-state index contributed by atoms with van der Waals surface area (Å²) in [6.07, 6.45) is 7.40. The first-order valence-corrected chi connectivity index (χ1v) is 9.64. The van der Waals surface area contributed by atoms with Gasteiger partial charge in [-0.05, 0) is 59.7 Å². The summed E-state index contributed by atoms with van der Waals surface area (Å²) in [5, 5.41) is 23.4. The third-order valence-corrected chi connectivity index (χ3v) is 5.58. The van der Waals surface area contributed by atoms with Crippen molar-refractivity contribution in [2.75, 3.05) is 20.4 Å². The molecule has 26 heavy (non-hydrogen) atoms. The first kappa shape index (κ1) is 21.2. The third kappa shape index (κ3) is 5.95. The minimum atomic E-state index is -0.704. The number of methoxy groups -OCH3 is 1. The molecule has 7 heteroatoms. The summed E-state index contributed by atoms with van der Waals surface area (Å²) in [6.45, 7) is 2.45. The molecule has 6 nitrogen and oxygen atoms in total. The molecule has 5 N–H and O–H groups in total. The van der Waals surface area contributed by atoms with Crippen LogP contribution in [0.3, 0.4) is 0 Å². The zero-order valence-electron chi connectivity index (χ0n) is 15.1. The van der Waals surface area contributed by atoms with Gasteiger partial charge in [0.1, 0.15) is 10.3 Å². The maximum Gasteiger partial charge on any atom is 0.163 e. The predicted octanol–water partition coefficient (Wildman–Crippen LogP) is 2.75. The number of alkyl halides is 1. The van der Waals surface area contributed by atoms with Crippen LogP contribution in [0.2, 0.25) is 0 Å². The molecule has 1 aromatic rings. The van der Waals surface area contributed by atoms with Crippen LogP contribution in [0.25, 0.3) is 0 Å². The highest BCUT2D eigenvalue weighted by molar-refractivity contribution is 14.1. The molecule has 1 aliphatic rings. The van der Waals surface area contributed by atoms with Gasteiger partial charge in [0.05, 0.1) is 6.10 Å². The molecular formula is C19H27IN2O4. The van der Waals surface area contributed by atoms with Gasteiger partial charge in [-0.25, -0.2) is 0 Å². The zero-order chi connectivity index (χ0) is 19.2. The molecule has 0 amide bonds. The minimum Gasteiger partial charge on any atom is -0.504 e. The number of rotatable bonds is 9. The van der Waals surface area contributed by atoms with Crippen LogP contribution >= 0.6 is 22.6 Å². The van der Waals surface area contributed by atoms with Crippen molar-refractivity contribution in [3.63, 3.8) is 0 Å². The van der Waals surface area contributed by atoms with Gasteiger partial charge >= 0.3 is 0 Å². The number of ether oxygens (including phenoxy) is 2. The van der Waals surface area contributed by atoms with Gasteiger partial charge in [-0.1, -0.05) is 23.8 Å². The Labute approximate surface area is 168 Å². The highest BCUT2D eigenvalue weighted by atomic mass is 127. The normalized spacial score (nSPS) is 22.0. The second-order valence-corrected chi connectivity index (χ2v) is 8.20. The summed E-state index contributed by atoms with van der Waals surface area (Å²) >= 11 is 2.30. The second kappa shape index (κ2) is 9.70. The standard InChI is InChI=1S/C19H27IN2O4/c1-13(9-14-5-7-19(20,25-2)8-6-14)22-11-17(24)15-3-4-16(23)18(10-15)26-12-21/h3-7,10,13,17,22-24H,8-9,11-12,21H2,1-2H3/t13?,17?,19-/m0/s1. The number of hydrogen-bond acceptors (Lipinski definition) is 6. The topological polar surface area (TPSA) is 97.0 Å². The van der Waals surface area contributed by atoms with E-state index in [0.29, 0.717) is 12.1 Å². The van der Waals surface area contributed by atoms with E-state index < -0.39 is 6.10 Å². The summed E-state index contributed by atoms with van der Waals surface area (Å²) < 4.78 is 10.4. The fraction of sp³-hybridized carbons (Fsp3) is 0.474. The maximum atomic E-state index is 10.4. The lowest BCUT2D eigenvalue weighted by molar-refractivity contribution is 0.127. The van der Waals surface area contributed by atoms with Crippen LogP contribution in [0, 0.1) is 0 Å². The van der Waals surface area contributed by atoms with Crippen LogP contribution in [0.15, 0.2) is 42.0 Å². The van der Waals surface area contributed by atoms with E-state index in [1.54, 1.807) is 19.2 Å². The van der Waals surface area contributed by atoms with Gasteiger partial charge in [0, 0.05) is 26.1 Å². The molecule has 1 aliphatic carbocycles. The Morgan fingerprint density at radius 3 is 2.81 bits per heavy atom. The second-order valence-electron chi connectivity index (χ2n) is 6.37. The molecule has 0 aliphatic heterocycles. The third-order valence-electron chi connectivity index (χ3n) is 4.34. The van der Waals surface area contributed by atoms with E-state index in [1.807, 2.05) is 0 Å². The van der Waals surface area contributed by atoms with Gasteiger partial charge in [-0.15, -0.1) is 0 Å². The number of aliphatic hydroxyl groups is 1. The molecule has 0 aromatic heterocycles. The Balaban J connectivity index is 1.85. The van der Waals surface area contributed by atoms with Crippen LogP contribution in [-0.4, -0.2) is 40.2 Å². The monoisotopic (exact) mass is 474 g/mol. The van der Waals surface area contributed by atoms with E-state index in [4.69, 9.17) is 15.2 Å². The molecule has 0 spiro atoms. The smallest absolute Gasteiger partial charge is 0.163 e. The number of hydrogen-bond donors (Lipinski definition) is 4. The van der Waals surface area contributed by atoms with E-state index in [9.17, 15) is 10.2 Å². The van der Waals surface area contributed by atoms with Crippen molar-refractivity contribution in [2.45, 2.75) is 35.5 Å². The zero-order valence-corrected chi connectivity index (χ0v) is 17.3. The quantitative estimate of drug-likeness (QED) is 0.250. The van der Waals surface area contributed by atoms with Gasteiger partial charge in [0.25, 0.3) is 0 Å². The van der Waals surface area contributed by atoms with Gasteiger partial charge < -0.3 is 25.0 Å².